The van der Waals surface area contributed by atoms with Crippen molar-refractivity contribution in [3.63, 3.8) is 0 Å². The van der Waals surface area contributed by atoms with Gasteiger partial charge in [-0.05, 0) is 19.1 Å². The molecule has 1 amide bonds. The number of aryl methyl sites for hydroxylation is 1. The summed E-state index contributed by atoms with van der Waals surface area (Å²) >= 11 is 0. The van der Waals surface area contributed by atoms with Crippen LogP contribution < -0.4 is 14.8 Å². The maximum atomic E-state index is 12.3. The van der Waals surface area contributed by atoms with Crippen LogP contribution >= 0.6 is 0 Å². The monoisotopic (exact) mass is 289 g/mol. The molecular weight excluding hydrogens is 270 g/mol. The average molecular weight is 289 g/mol. The fraction of sp³-hybridized carbons (Fsp3) is 0.333. The van der Waals surface area contributed by atoms with Crippen molar-refractivity contribution in [1.29, 1.82) is 0 Å². The van der Waals surface area contributed by atoms with E-state index in [0.29, 0.717) is 23.6 Å². The fourth-order valence-corrected chi connectivity index (χ4v) is 1.97. The van der Waals surface area contributed by atoms with Crippen molar-refractivity contribution in [2.75, 3.05) is 14.2 Å². The van der Waals surface area contributed by atoms with Crippen LogP contribution in [0.4, 0.5) is 0 Å². The number of rotatable bonds is 5. The second kappa shape index (κ2) is 6.30. The number of ether oxygens (including phenoxy) is 2. The topological polar surface area (TPSA) is 65.4 Å². The van der Waals surface area contributed by atoms with E-state index in [0.717, 1.165) is 11.3 Å². The highest BCUT2D eigenvalue weighted by Gasteiger charge is 2.14. The van der Waals surface area contributed by atoms with Crippen LogP contribution in [0.25, 0.3) is 0 Å². The van der Waals surface area contributed by atoms with E-state index >= 15 is 0 Å². The second-order valence-corrected chi connectivity index (χ2v) is 4.63. The summed E-state index contributed by atoms with van der Waals surface area (Å²) in [7, 11) is 4.96. The van der Waals surface area contributed by atoms with Crippen molar-refractivity contribution in [2.45, 2.75) is 13.5 Å². The fourth-order valence-electron chi connectivity index (χ4n) is 1.97. The smallest absolute Gasteiger partial charge is 0.255 e. The number of nitrogens with one attached hydrogen (secondary N) is 1. The third-order valence-electron chi connectivity index (χ3n) is 3.43. The lowest BCUT2D eigenvalue weighted by molar-refractivity contribution is 0.0948. The molecule has 0 unspecified atom stereocenters. The number of methoxy groups -OCH3 is 2. The molecule has 0 saturated heterocycles. The number of carbonyl (C=O) groups is 1. The third kappa shape index (κ3) is 3.16. The molecule has 1 heterocycles. The average Bonchev–Trinajstić information content (AvgIpc) is 2.83. The Morgan fingerprint density at radius 2 is 2.10 bits per heavy atom. The molecule has 1 aromatic carbocycles. The molecule has 0 spiro atoms. The van der Waals surface area contributed by atoms with E-state index in [1.54, 1.807) is 36.2 Å². The first-order valence-corrected chi connectivity index (χ1v) is 6.54. The minimum Gasteiger partial charge on any atom is -0.497 e. The molecule has 0 atom stereocenters. The van der Waals surface area contributed by atoms with Gasteiger partial charge in [-0.1, -0.05) is 0 Å². The van der Waals surface area contributed by atoms with E-state index < -0.39 is 0 Å². The van der Waals surface area contributed by atoms with Gasteiger partial charge in [0, 0.05) is 30.9 Å². The molecule has 0 fully saturated rings. The summed E-state index contributed by atoms with van der Waals surface area (Å²) in [6.45, 7) is 2.39. The number of hydrogen-bond donors (Lipinski definition) is 1. The molecule has 0 radical (unpaired) electrons. The molecule has 6 heteroatoms. The first-order valence-electron chi connectivity index (χ1n) is 6.54. The molecule has 21 heavy (non-hydrogen) atoms. The van der Waals surface area contributed by atoms with Crippen molar-refractivity contribution < 1.29 is 14.3 Å². The van der Waals surface area contributed by atoms with Gasteiger partial charge in [0.15, 0.2) is 0 Å². The number of hydrogen-bond acceptors (Lipinski definition) is 4. The lowest BCUT2D eigenvalue weighted by Gasteiger charge is -2.10. The van der Waals surface area contributed by atoms with Gasteiger partial charge in [-0.15, -0.1) is 0 Å². The van der Waals surface area contributed by atoms with Crippen LogP contribution in [-0.4, -0.2) is 29.9 Å². The van der Waals surface area contributed by atoms with Crippen LogP contribution in [0.15, 0.2) is 24.4 Å². The van der Waals surface area contributed by atoms with Gasteiger partial charge in [0.2, 0.25) is 0 Å². The van der Waals surface area contributed by atoms with Crippen LogP contribution in [0.5, 0.6) is 11.5 Å². The molecule has 0 bridgehead atoms. The van der Waals surface area contributed by atoms with E-state index in [9.17, 15) is 4.79 Å². The van der Waals surface area contributed by atoms with Crippen LogP contribution in [0.1, 0.15) is 21.6 Å². The largest absolute Gasteiger partial charge is 0.497 e. The normalized spacial score (nSPS) is 10.3. The standard InChI is InChI=1S/C15H19N3O3/c1-10-11(9-17-18(10)2)8-16-15(19)13-6-5-12(20-3)7-14(13)21-4/h5-7,9H,8H2,1-4H3,(H,16,19). The Bertz CT molecular complexity index is 650. The van der Waals surface area contributed by atoms with Crippen molar-refractivity contribution >= 4 is 5.91 Å². The van der Waals surface area contributed by atoms with Crippen LogP contribution in [0, 0.1) is 6.92 Å². The SMILES string of the molecule is COc1ccc(C(=O)NCc2cnn(C)c2C)c(OC)c1. The minimum atomic E-state index is -0.197. The van der Waals surface area contributed by atoms with Gasteiger partial charge in [-0.25, -0.2) is 0 Å². The number of nitrogens with zero attached hydrogens (tertiary/aromatic N) is 2. The summed E-state index contributed by atoms with van der Waals surface area (Å²) in [5.41, 5.74) is 2.48. The molecule has 0 aliphatic carbocycles. The first kappa shape index (κ1) is 14.9. The number of carbonyl (C=O) groups excluding carboxylic acids is 1. The molecule has 6 nitrogen and oxygen atoms in total. The molecule has 0 aliphatic heterocycles. The zero-order valence-corrected chi connectivity index (χ0v) is 12.6. The predicted octanol–water partition coefficient (Wildman–Crippen LogP) is 1.68. The molecule has 0 saturated carbocycles. The second-order valence-electron chi connectivity index (χ2n) is 4.63. The van der Waals surface area contributed by atoms with Gasteiger partial charge in [0.25, 0.3) is 5.91 Å². The highest BCUT2D eigenvalue weighted by molar-refractivity contribution is 5.97. The van der Waals surface area contributed by atoms with Crippen molar-refractivity contribution in [3.05, 3.63) is 41.2 Å². The Balaban J connectivity index is 2.11. The molecule has 1 N–H and O–H groups in total. The number of aromatic nitrogens is 2. The Morgan fingerprint density at radius 1 is 1.33 bits per heavy atom. The van der Waals surface area contributed by atoms with Gasteiger partial charge < -0.3 is 14.8 Å². The summed E-state index contributed by atoms with van der Waals surface area (Å²) in [5.74, 6) is 0.930. The highest BCUT2D eigenvalue weighted by Crippen LogP contribution is 2.24. The minimum absolute atomic E-state index is 0.197. The molecule has 112 valence electrons. The molecule has 1 aromatic heterocycles. The van der Waals surface area contributed by atoms with E-state index in [1.807, 2.05) is 14.0 Å². The quantitative estimate of drug-likeness (QED) is 0.909. The summed E-state index contributed by atoms with van der Waals surface area (Å²) in [6.07, 6.45) is 1.75. The summed E-state index contributed by atoms with van der Waals surface area (Å²) in [5, 5.41) is 7.02. The Morgan fingerprint density at radius 3 is 2.67 bits per heavy atom. The van der Waals surface area contributed by atoms with Crippen molar-refractivity contribution in [1.82, 2.24) is 15.1 Å². The maximum absolute atomic E-state index is 12.3. The van der Waals surface area contributed by atoms with Crippen LogP contribution in [0.3, 0.4) is 0 Å². The van der Waals surface area contributed by atoms with E-state index in [1.165, 1.54) is 7.11 Å². The first-order chi connectivity index (χ1) is 10.1. The zero-order valence-electron chi connectivity index (χ0n) is 12.6. The zero-order chi connectivity index (χ0) is 15.4. The van der Waals surface area contributed by atoms with Gasteiger partial charge in [-0.2, -0.15) is 5.10 Å². The highest BCUT2D eigenvalue weighted by atomic mass is 16.5. The van der Waals surface area contributed by atoms with E-state index in [2.05, 4.69) is 10.4 Å². The Hall–Kier alpha value is -2.50. The summed E-state index contributed by atoms with van der Waals surface area (Å²) < 4.78 is 12.1. The van der Waals surface area contributed by atoms with E-state index in [-0.39, 0.29) is 5.91 Å². The lowest BCUT2D eigenvalue weighted by atomic mass is 10.1. The Kier molecular flexibility index (Phi) is 4.47. The van der Waals surface area contributed by atoms with Gasteiger partial charge in [-0.3, -0.25) is 9.48 Å². The van der Waals surface area contributed by atoms with E-state index in [4.69, 9.17) is 9.47 Å². The summed E-state index contributed by atoms with van der Waals surface area (Å²) in [4.78, 5) is 12.3. The van der Waals surface area contributed by atoms with Gasteiger partial charge in [0.1, 0.15) is 11.5 Å². The van der Waals surface area contributed by atoms with Crippen LogP contribution in [-0.2, 0) is 13.6 Å². The van der Waals surface area contributed by atoms with Crippen LogP contribution in [0.2, 0.25) is 0 Å². The summed E-state index contributed by atoms with van der Waals surface area (Å²) in [6, 6.07) is 5.10. The van der Waals surface area contributed by atoms with Crippen molar-refractivity contribution in [2.24, 2.45) is 7.05 Å². The molecule has 2 rings (SSSR count). The molecular formula is C15H19N3O3. The number of benzene rings is 1. The van der Waals surface area contributed by atoms with Gasteiger partial charge in [0.05, 0.1) is 26.0 Å². The van der Waals surface area contributed by atoms with Gasteiger partial charge >= 0.3 is 0 Å². The molecule has 0 aliphatic rings. The lowest BCUT2D eigenvalue weighted by Crippen LogP contribution is -2.23. The predicted molar refractivity (Wildman–Crippen MR) is 78.7 cm³/mol. The Labute approximate surface area is 123 Å². The third-order valence-corrected chi connectivity index (χ3v) is 3.43. The number of amides is 1. The molecule has 2 aromatic rings. The maximum Gasteiger partial charge on any atom is 0.255 e. The van der Waals surface area contributed by atoms with Crippen molar-refractivity contribution in [3.8, 4) is 11.5 Å².